The van der Waals surface area contributed by atoms with Crippen LogP contribution in [0.4, 0.5) is 0 Å². The van der Waals surface area contributed by atoms with E-state index >= 15 is 0 Å². The van der Waals surface area contributed by atoms with Crippen LogP contribution in [-0.4, -0.2) is 13.4 Å². The van der Waals surface area contributed by atoms with Crippen molar-refractivity contribution in [3.63, 3.8) is 0 Å². The number of aromatic amines is 1. The molecule has 0 aliphatic carbocycles. The lowest BCUT2D eigenvalue weighted by molar-refractivity contribution is 0.579. The minimum atomic E-state index is -3.66. The van der Waals surface area contributed by atoms with Crippen molar-refractivity contribution >= 4 is 21.4 Å². The molecule has 114 valence electrons. The molecule has 6 nitrogen and oxygen atoms in total. The van der Waals surface area contributed by atoms with Gasteiger partial charge < -0.3 is 10.7 Å². The van der Waals surface area contributed by atoms with Crippen LogP contribution in [0.5, 0.6) is 0 Å². The van der Waals surface area contributed by atoms with E-state index in [1.54, 1.807) is 18.4 Å². The highest BCUT2D eigenvalue weighted by molar-refractivity contribution is 7.89. The highest BCUT2D eigenvalue weighted by atomic mass is 32.2. The Labute approximate surface area is 127 Å². The van der Waals surface area contributed by atoms with E-state index in [0.717, 1.165) is 22.5 Å². The number of benzene rings is 1. The Morgan fingerprint density at radius 2 is 2.05 bits per heavy atom. The lowest BCUT2D eigenvalue weighted by Gasteiger charge is -2.12. The van der Waals surface area contributed by atoms with Crippen LogP contribution >= 0.6 is 11.3 Å². The molecular formula is C13H17N3O3S2. The van der Waals surface area contributed by atoms with Crippen molar-refractivity contribution in [1.29, 1.82) is 0 Å². The molecule has 0 saturated carbocycles. The lowest BCUT2D eigenvalue weighted by atomic mass is 10.1. The van der Waals surface area contributed by atoms with E-state index in [2.05, 4.69) is 9.71 Å². The smallest absolute Gasteiger partial charge is 0.304 e. The second-order valence-corrected chi connectivity index (χ2v) is 7.32. The van der Waals surface area contributed by atoms with E-state index in [9.17, 15) is 13.2 Å². The lowest BCUT2D eigenvalue weighted by Crippen LogP contribution is -2.25. The average molecular weight is 327 g/mol. The Hall–Kier alpha value is -1.48. The number of hydrogen-bond acceptors (Lipinski definition) is 5. The van der Waals surface area contributed by atoms with Gasteiger partial charge in [0.1, 0.15) is 0 Å². The first-order valence-corrected chi connectivity index (χ1v) is 8.66. The minimum absolute atomic E-state index is 0.0480. The zero-order valence-electron chi connectivity index (χ0n) is 11.8. The molecule has 1 aromatic heterocycles. The minimum Gasteiger partial charge on any atom is -0.326 e. The quantitative estimate of drug-likeness (QED) is 0.761. The molecule has 0 atom stereocenters. The Kier molecular flexibility index (Phi) is 4.62. The molecule has 0 spiro atoms. The van der Waals surface area contributed by atoms with Gasteiger partial charge in [0.25, 0.3) is 0 Å². The predicted molar refractivity (Wildman–Crippen MR) is 82.8 cm³/mol. The molecule has 8 heteroatoms. The Balaban J connectivity index is 2.31. The van der Waals surface area contributed by atoms with Gasteiger partial charge in [-0.1, -0.05) is 17.4 Å². The Bertz CT molecular complexity index is 806. The SMILES string of the molecule is Cc1cc(CN)cc(S(=O)(=O)NCc2csc(=O)[nH]2)c1C. The van der Waals surface area contributed by atoms with Gasteiger partial charge in [0, 0.05) is 17.6 Å². The van der Waals surface area contributed by atoms with Gasteiger partial charge in [-0.15, -0.1) is 0 Å². The number of sulfonamides is 1. The number of nitrogens with one attached hydrogen (secondary N) is 2. The molecule has 0 saturated heterocycles. The van der Waals surface area contributed by atoms with Crippen molar-refractivity contribution in [2.24, 2.45) is 5.73 Å². The fraction of sp³-hybridized carbons (Fsp3) is 0.308. The zero-order valence-corrected chi connectivity index (χ0v) is 13.4. The standard InChI is InChI=1S/C13H17N3O3S2/c1-8-3-10(5-14)4-12(9(8)2)21(18,19)15-6-11-7-20-13(17)16-11/h3-4,7,15H,5-6,14H2,1-2H3,(H,16,17). The van der Waals surface area contributed by atoms with Gasteiger partial charge in [0.2, 0.25) is 10.0 Å². The Morgan fingerprint density at radius 3 is 2.62 bits per heavy atom. The maximum Gasteiger partial charge on any atom is 0.304 e. The molecule has 0 bridgehead atoms. The van der Waals surface area contributed by atoms with Crippen LogP contribution < -0.4 is 15.3 Å². The molecular weight excluding hydrogens is 310 g/mol. The fourth-order valence-electron chi connectivity index (χ4n) is 1.95. The second kappa shape index (κ2) is 6.10. The van der Waals surface area contributed by atoms with Crippen LogP contribution in [-0.2, 0) is 23.1 Å². The van der Waals surface area contributed by atoms with Gasteiger partial charge in [-0.2, -0.15) is 0 Å². The summed E-state index contributed by atoms with van der Waals surface area (Å²) >= 11 is 1.00. The maximum absolute atomic E-state index is 12.4. The van der Waals surface area contributed by atoms with Gasteiger partial charge in [0.15, 0.2) is 0 Å². The first-order valence-electron chi connectivity index (χ1n) is 6.30. The van der Waals surface area contributed by atoms with Gasteiger partial charge in [0.05, 0.1) is 11.4 Å². The summed E-state index contributed by atoms with van der Waals surface area (Å²) in [6, 6.07) is 3.46. The van der Waals surface area contributed by atoms with E-state index in [0.29, 0.717) is 11.3 Å². The van der Waals surface area contributed by atoms with Gasteiger partial charge >= 0.3 is 4.87 Å². The summed E-state index contributed by atoms with van der Waals surface area (Å²) in [6.07, 6.45) is 0. The van der Waals surface area contributed by atoms with Crippen LogP contribution in [0.1, 0.15) is 22.4 Å². The van der Waals surface area contributed by atoms with Gasteiger partial charge in [-0.05, 0) is 36.6 Å². The number of rotatable bonds is 5. The highest BCUT2D eigenvalue weighted by Crippen LogP contribution is 2.21. The number of hydrogen-bond donors (Lipinski definition) is 3. The molecule has 2 rings (SSSR count). The van der Waals surface area contributed by atoms with Crippen molar-refractivity contribution < 1.29 is 8.42 Å². The van der Waals surface area contributed by atoms with Gasteiger partial charge in [-0.25, -0.2) is 13.1 Å². The molecule has 0 amide bonds. The first kappa shape index (κ1) is 15.9. The topological polar surface area (TPSA) is 105 Å². The van der Waals surface area contributed by atoms with Gasteiger partial charge in [-0.3, -0.25) is 4.79 Å². The van der Waals surface area contributed by atoms with E-state index in [1.165, 1.54) is 0 Å². The Morgan fingerprint density at radius 1 is 1.33 bits per heavy atom. The summed E-state index contributed by atoms with van der Waals surface area (Å²) < 4.78 is 27.3. The largest absolute Gasteiger partial charge is 0.326 e. The van der Waals surface area contributed by atoms with Crippen LogP contribution in [0, 0.1) is 13.8 Å². The van der Waals surface area contributed by atoms with Crippen molar-refractivity contribution in [2.75, 3.05) is 0 Å². The molecule has 2 aromatic rings. The molecule has 0 aliphatic heterocycles. The summed E-state index contributed by atoms with van der Waals surface area (Å²) in [5.74, 6) is 0. The molecule has 21 heavy (non-hydrogen) atoms. The summed E-state index contributed by atoms with van der Waals surface area (Å²) in [5, 5.41) is 1.60. The third-order valence-corrected chi connectivity index (χ3v) is 5.47. The van der Waals surface area contributed by atoms with E-state index in [1.807, 2.05) is 13.0 Å². The van der Waals surface area contributed by atoms with E-state index in [-0.39, 0.29) is 22.9 Å². The molecule has 0 radical (unpaired) electrons. The van der Waals surface area contributed by atoms with Crippen LogP contribution in [0.25, 0.3) is 0 Å². The number of aryl methyl sites for hydroxylation is 1. The monoisotopic (exact) mass is 327 g/mol. The molecule has 4 N–H and O–H groups in total. The third kappa shape index (κ3) is 3.59. The number of nitrogens with two attached hydrogens (primary N) is 1. The van der Waals surface area contributed by atoms with E-state index < -0.39 is 10.0 Å². The molecule has 1 heterocycles. The predicted octanol–water partition coefficient (Wildman–Crippen LogP) is 0.990. The van der Waals surface area contributed by atoms with Crippen LogP contribution in [0.2, 0.25) is 0 Å². The van der Waals surface area contributed by atoms with Crippen molar-refractivity contribution in [3.8, 4) is 0 Å². The molecule has 1 aromatic carbocycles. The van der Waals surface area contributed by atoms with Crippen molar-refractivity contribution in [1.82, 2.24) is 9.71 Å². The van der Waals surface area contributed by atoms with Crippen molar-refractivity contribution in [3.05, 3.63) is 49.6 Å². The zero-order chi connectivity index (χ0) is 15.6. The molecule has 0 unspecified atom stereocenters. The first-order chi connectivity index (χ1) is 9.83. The normalized spacial score (nSPS) is 11.8. The number of H-pyrrole nitrogens is 1. The average Bonchev–Trinajstić information content (AvgIpc) is 2.85. The molecule has 0 aliphatic rings. The molecule has 0 fully saturated rings. The summed E-state index contributed by atoms with van der Waals surface area (Å²) in [5.41, 5.74) is 8.47. The van der Waals surface area contributed by atoms with Crippen LogP contribution in [0.15, 0.2) is 27.2 Å². The maximum atomic E-state index is 12.4. The summed E-state index contributed by atoms with van der Waals surface area (Å²) in [7, 11) is -3.66. The second-order valence-electron chi connectivity index (χ2n) is 4.74. The van der Waals surface area contributed by atoms with Crippen molar-refractivity contribution in [2.45, 2.75) is 31.8 Å². The fourth-order valence-corrected chi connectivity index (χ4v) is 3.90. The summed E-state index contributed by atoms with van der Waals surface area (Å²) in [6.45, 7) is 3.94. The van der Waals surface area contributed by atoms with Crippen LogP contribution in [0.3, 0.4) is 0 Å². The third-order valence-electron chi connectivity index (χ3n) is 3.23. The number of aromatic nitrogens is 1. The van der Waals surface area contributed by atoms with E-state index in [4.69, 9.17) is 5.73 Å². The number of thiazole rings is 1. The summed E-state index contributed by atoms with van der Waals surface area (Å²) in [4.78, 5) is 13.6. The highest BCUT2D eigenvalue weighted by Gasteiger charge is 2.18.